The molecule has 1 unspecified atom stereocenters. The number of carbonyl (C=O) groups is 2. The van der Waals surface area contributed by atoms with E-state index in [1.165, 1.54) is 0 Å². The van der Waals surface area contributed by atoms with Crippen LogP contribution in [-0.2, 0) is 11.3 Å². The highest BCUT2D eigenvalue weighted by Crippen LogP contribution is 2.29. The Bertz CT molecular complexity index is 921. The molecule has 26 heavy (non-hydrogen) atoms. The molecule has 6 nitrogen and oxygen atoms in total. The number of anilines is 1. The summed E-state index contributed by atoms with van der Waals surface area (Å²) in [7, 11) is 0. The Morgan fingerprint density at radius 2 is 1.96 bits per heavy atom. The van der Waals surface area contributed by atoms with E-state index in [-0.39, 0.29) is 11.7 Å². The minimum atomic E-state index is -0.394. The standard InChI is InChI=1S/C20H18N4O2/c25-19-7-6-18(23-13-3-5-17(19)23)20(26)24(16-8-11-21-12-9-16)14-15-4-1-2-10-22-15/h1-5,8-13,18H,6-7,14H2. The quantitative estimate of drug-likeness (QED) is 0.728. The average Bonchev–Trinajstić information content (AvgIpc) is 3.18. The Labute approximate surface area is 151 Å². The van der Waals surface area contributed by atoms with Gasteiger partial charge < -0.3 is 9.47 Å². The lowest BCUT2D eigenvalue weighted by atomic mass is 10.0. The molecule has 0 aliphatic carbocycles. The van der Waals surface area contributed by atoms with E-state index in [0.29, 0.717) is 25.1 Å². The van der Waals surface area contributed by atoms with Crippen molar-refractivity contribution in [3.63, 3.8) is 0 Å². The van der Waals surface area contributed by atoms with Crippen molar-refractivity contribution in [1.29, 1.82) is 0 Å². The monoisotopic (exact) mass is 346 g/mol. The Morgan fingerprint density at radius 1 is 1.12 bits per heavy atom. The maximum absolute atomic E-state index is 13.4. The second kappa shape index (κ2) is 6.92. The molecule has 0 aromatic carbocycles. The predicted molar refractivity (Wildman–Crippen MR) is 96.7 cm³/mol. The van der Waals surface area contributed by atoms with Gasteiger partial charge in [-0.2, -0.15) is 0 Å². The van der Waals surface area contributed by atoms with Crippen LogP contribution in [0.3, 0.4) is 0 Å². The lowest BCUT2D eigenvalue weighted by Crippen LogP contribution is -2.39. The number of fused-ring (bicyclic) bond motifs is 1. The van der Waals surface area contributed by atoms with Crippen LogP contribution < -0.4 is 4.90 Å². The van der Waals surface area contributed by atoms with Crippen LogP contribution in [0, 0.1) is 0 Å². The largest absolute Gasteiger partial charge is 0.333 e. The van der Waals surface area contributed by atoms with Crippen molar-refractivity contribution >= 4 is 17.4 Å². The summed E-state index contributed by atoms with van der Waals surface area (Å²) in [6, 6.07) is 12.5. The van der Waals surface area contributed by atoms with Crippen LogP contribution >= 0.6 is 0 Å². The van der Waals surface area contributed by atoms with E-state index in [9.17, 15) is 9.59 Å². The molecule has 3 aromatic heterocycles. The number of hydrogen-bond donors (Lipinski definition) is 0. The van der Waals surface area contributed by atoms with E-state index >= 15 is 0 Å². The topological polar surface area (TPSA) is 68.1 Å². The summed E-state index contributed by atoms with van der Waals surface area (Å²) in [6.07, 6.45) is 7.74. The van der Waals surface area contributed by atoms with E-state index in [4.69, 9.17) is 0 Å². The molecule has 0 saturated carbocycles. The summed E-state index contributed by atoms with van der Waals surface area (Å²) in [4.78, 5) is 35.6. The Balaban J connectivity index is 1.69. The highest BCUT2D eigenvalue weighted by molar-refractivity contribution is 6.00. The van der Waals surface area contributed by atoms with Gasteiger partial charge in [0, 0.05) is 36.9 Å². The molecule has 3 aromatic rings. The normalized spacial score (nSPS) is 16.2. The third kappa shape index (κ3) is 3.01. The highest BCUT2D eigenvalue weighted by atomic mass is 16.2. The molecule has 0 bridgehead atoms. The number of aromatic nitrogens is 3. The number of amides is 1. The molecule has 1 atom stereocenters. The van der Waals surface area contributed by atoms with Crippen LogP contribution in [0.4, 0.5) is 5.69 Å². The molecule has 1 aliphatic heterocycles. The van der Waals surface area contributed by atoms with Crippen LogP contribution in [0.2, 0.25) is 0 Å². The first-order valence-electron chi connectivity index (χ1n) is 8.55. The predicted octanol–water partition coefficient (Wildman–Crippen LogP) is 3.03. The number of rotatable bonds is 4. The highest BCUT2D eigenvalue weighted by Gasteiger charge is 2.33. The van der Waals surface area contributed by atoms with Crippen molar-refractivity contribution in [2.45, 2.75) is 25.4 Å². The van der Waals surface area contributed by atoms with Gasteiger partial charge in [0.1, 0.15) is 6.04 Å². The van der Waals surface area contributed by atoms with Gasteiger partial charge in [0.15, 0.2) is 5.78 Å². The Kier molecular flexibility index (Phi) is 4.31. The van der Waals surface area contributed by atoms with Gasteiger partial charge in [0.2, 0.25) is 5.91 Å². The number of nitrogens with zero attached hydrogens (tertiary/aromatic N) is 4. The second-order valence-corrected chi connectivity index (χ2v) is 6.23. The van der Waals surface area contributed by atoms with Gasteiger partial charge in [0.05, 0.1) is 17.9 Å². The van der Waals surface area contributed by atoms with E-state index in [1.54, 1.807) is 40.3 Å². The van der Waals surface area contributed by atoms with Crippen LogP contribution in [0.5, 0.6) is 0 Å². The zero-order valence-corrected chi connectivity index (χ0v) is 14.2. The maximum atomic E-state index is 13.4. The van der Waals surface area contributed by atoms with Crippen LogP contribution in [0.1, 0.15) is 35.1 Å². The fourth-order valence-corrected chi connectivity index (χ4v) is 3.33. The minimum Gasteiger partial charge on any atom is -0.333 e. The smallest absolute Gasteiger partial charge is 0.250 e. The molecule has 0 saturated heterocycles. The molecule has 4 rings (SSSR count). The van der Waals surface area contributed by atoms with Gasteiger partial charge in [-0.1, -0.05) is 6.07 Å². The van der Waals surface area contributed by atoms with Gasteiger partial charge in [-0.05, 0) is 42.8 Å². The first kappa shape index (κ1) is 16.2. The molecular formula is C20H18N4O2. The van der Waals surface area contributed by atoms with Crippen LogP contribution in [0.15, 0.2) is 67.3 Å². The lowest BCUT2D eigenvalue weighted by Gasteiger charge is -2.31. The van der Waals surface area contributed by atoms with Crippen molar-refractivity contribution in [3.8, 4) is 0 Å². The van der Waals surface area contributed by atoms with Gasteiger partial charge in [-0.3, -0.25) is 19.6 Å². The van der Waals surface area contributed by atoms with Crippen LogP contribution in [-0.4, -0.2) is 26.2 Å². The molecule has 1 aliphatic rings. The van der Waals surface area contributed by atoms with Crippen molar-refractivity contribution in [3.05, 3.63) is 78.6 Å². The van der Waals surface area contributed by atoms with Gasteiger partial charge in [0.25, 0.3) is 0 Å². The fraction of sp³-hybridized carbons (Fsp3) is 0.200. The molecule has 0 radical (unpaired) electrons. The minimum absolute atomic E-state index is 0.0493. The van der Waals surface area contributed by atoms with E-state index < -0.39 is 6.04 Å². The summed E-state index contributed by atoms with van der Waals surface area (Å²) in [6.45, 7) is 0.366. The number of pyridine rings is 2. The Morgan fingerprint density at radius 3 is 2.73 bits per heavy atom. The summed E-state index contributed by atoms with van der Waals surface area (Å²) in [5, 5.41) is 0. The van der Waals surface area contributed by atoms with Crippen molar-refractivity contribution in [2.24, 2.45) is 0 Å². The third-order valence-electron chi connectivity index (χ3n) is 4.62. The molecule has 0 fully saturated rings. The average molecular weight is 346 g/mol. The zero-order chi connectivity index (χ0) is 17.9. The molecule has 130 valence electrons. The first-order valence-corrected chi connectivity index (χ1v) is 8.55. The van der Waals surface area contributed by atoms with Gasteiger partial charge in [-0.15, -0.1) is 0 Å². The molecular weight excluding hydrogens is 328 g/mol. The lowest BCUT2D eigenvalue weighted by molar-refractivity contribution is -0.122. The third-order valence-corrected chi connectivity index (χ3v) is 4.62. The van der Waals surface area contributed by atoms with Crippen molar-refractivity contribution in [2.75, 3.05) is 4.90 Å². The summed E-state index contributed by atoms with van der Waals surface area (Å²) < 4.78 is 1.79. The number of hydrogen-bond acceptors (Lipinski definition) is 4. The zero-order valence-electron chi connectivity index (χ0n) is 14.2. The molecule has 0 spiro atoms. The molecule has 4 heterocycles. The molecule has 0 N–H and O–H groups in total. The van der Waals surface area contributed by atoms with Gasteiger partial charge in [-0.25, -0.2) is 0 Å². The van der Waals surface area contributed by atoms with Gasteiger partial charge >= 0.3 is 0 Å². The Hall–Kier alpha value is -3.28. The van der Waals surface area contributed by atoms with Crippen molar-refractivity contribution < 1.29 is 9.59 Å². The van der Waals surface area contributed by atoms with Crippen molar-refractivity contribution in [1.82, 2.24) is 14.5 Å². The summed E-state index contributed by atoms with van der Waals surface area (Å²) in [5.74, 6) is 0.0334. The molecule has 1 amide bonds. The van der Waals surface area contributed by atoms with E-state index in [1.807, 2.05) is 36.4 Å². The maximum Gasteiger partial charge on any atom is 0.250 e. The van der Waals surface area contributed by atoms with E-state index in [0.717, 1.165) is 11.4 Å². The summed E-state index contributed by atoms with van der Waals surface area (Å²) in [5.41, 5.74) is 2.17. The number of Topliss-reactive ketones (excluding diaryl/α,β-unsaturated/α-hetero) is 1. The fourth-order valence-electron chi connectivity index (χ4n) is 3.33. The summed E-state index contributed by atoms with van der Waals surface area (Å²) >= 11 is 0. The SMILES string of the molecule is O=C1CCC(C(=O)N(Cc2ccccn2)c2ccncc2)n2cccc21. The number of carbonyl (C=O) groups excluding carboxylic acids is 2. The second-order valence-electron chi connectivity index (χ2n) is 6.23. The van der Waals surface area contributed by atoms with E-state index in [2.05, 4.69) is 9.97 Å². The molecule has 6 heteroatoms. The van der Waals surface area contributed by atoms with Crippen LogP contribution in [0.25, 0.3) is 0 Å². The first-order chi connectivity index (χ1) is 12.7. The number of ketones is 1.